The number of methoxy groups -OCH3 is 1. The van der Waals surface area contributed by atoms with Crippen LogP contribution in [0.3, 0.4) is 0 Å². The maximum Gasteiger partial charge on any atom is 0.302 e. The fourth-order valence-electron chi connectivity index (χ4n) is 7.56. The summed E-state index contributed by atoms with van der Waals surface area (Å²) >= 11 is 0. The topological polar surface area (TPSA) is 78.9 Å². The Kier molecular flexibility index (Phi) is 5.21. The van der Waals surface area contributed by atoms with Crippen molar-refractivity contribution in [3.05, 3.63) is 0 Å². The lowest BCUT2D eigenvalue weighted by molar-refractivity contribution is -0.388. The van der Waals surface area contributed by atoms with E-state index in [1.165, 1.54) is 6.92 Å². The van der Waals surface area contributed by atoms with Crippen molar-refractivity contribution in [3.8, 4) is 0 Å². The molecule has 6 heteroatoms. The first-order valence-corrected chi connectivity index (χ1v) is 11.4. The Morgan fingerprint density at radius 3 is 2.47 bits per heavy atom. The van der Waals surface area contributed by atoms with Crippen molar-refractivity contribution >= 4 is 17.5 Å². The lowest BCUT2D eigenvalue weighted by Gasteiger charge is -2.68. The number of Topliss-reactive ketones (excluding diaryl/α,β-unsaturated/α-hetero) is 2. The van der Waals surface area contributed by atoms with Gasteiger partial charge < -0.3 is 14.2 Å². The summed E-state index contributed by atoms with van der Waals surface area (Å²) in [6, 6.07) is 0. The molecule has 2 saturated heterocycles. The van der Waals surface area contributed by atoms with Crippen LogP contribution >= 0.6 is 0 Å². The second-order valence-electron chi connectivity index (χ2n) is 10.8. The van der Waals surface area contributed by atoms with Crippen molar-refractivity contribution in [1.82, 2.24) is 0 Å². The Labute approximate surface area is 179 Å². The van der Waals surface area contributed by atoms with Crippen molar-refractivity contribution in [2.24, 2.45) is 28.1 Å². The standard InChI is InChI=1S/C24H36O6/c1-15(25)30-20-9-8-19(27)22(20,4)11-10-16-17(26)6-7-18-21(2,3)24(28-5)13-12-23(16,18)14-29-24/h16,18,20H,6-14H2,1-5H3. The third kappa shape index (κ3) is 2.85. The van der Waals surface area contributed by atoms with Crippen LogP contribution in [0, 0.1) is 28.1 Å². The minimum absolute atomic E-state index is 0.117. The van der Waals surface area contributed by atoms with Gasteiger partial charge in [0.2, 0.25) is 0 Å². The Morgan fingerprint density at radius 2 is 1.87 bits per heavy atom. The second-order valence-corrected chi connectivity index (χ2v) is 10.8. The summed E-state index contributed by atoms with van der Waals surface area (Å²) < 4.78 is 17.8. The zero-order valence-corrected chi connectivity index (χ0v) is 19.0. The third-order valence-electron chi connectivity index (χ3n) is 9.37. The Morgan fingerprint density at radius 1 is 1.13 bits per heavy atom. The summed E-state index contributed by atoms with van der Waals surface area (Å²) in [6.45, 7) is 8.29. The van der Waals surface area contributed by atoms with Crippen LogP contribution in [0.25, 0.3) is 0 Å². The number of ketones is 2. The largest absolute Gasteiger partial charge is 0.461 e. The number of rotatable bonds is 5. The Hall–Kier alpha value is -1.27. The first-order chi connectivity index (χ1) is 14.0. The van der Waals surface area contributed by atoms with E-state index in [1.807, 2.05) is 6.92 Å². The molecule has 2 aliphatic heterocycles. The van der Waals surface area contributed by atoms with Gasteiger partial charge in [0.05, 0.1) is 12.0 Å². The second kappa shape index (κ2) is 7.13. The lowest BCUT2D eigenvalue weighted by Crippen LogP contribution is -2.70. The van der Waals surface area contributed by atoms with Gasteiger partial charge in [0, 0.05) is 50.0 Å². The summed E-state index contributed by atoms with van der Waals surface area (Å²) in [6.07, 6.45) is 5.02. The summed E-state index contributed by atoms with van der Waals surface area (Å²) in [5, 5.41) is 0. The van der Waals surface area contributed by atoms with E-state index in [0.29, 0.717) is 50.4 Å². The molecular weight excluding hydrogens is 384 g/mol. The van der Waals surface area contributed by atoms with E-state index in [0.717, 1.165) is 19.3 Å². The number of carbonyl (C=O) groups excluding carboxylic acids is 3. The van der Waals surface area contributed by atoms with Crippen molar-refractivity contribution < 1.29 is 28.6 Å². The van der Waals surface area contributed by atoms with Crippen LogP contribution in [0.2, 0.25) is 0 Å². The number of hydrogen-bond donors (Lipinski definition) is 0. The molecule has 168 valence electrons. The molecule has 0 aromatic rings. The molecule has 3 saturated carbocycles. The SMILES string of the molecule is COC12CCC3(CO1)C(CCC1(C)C(=O)CCC1OC(C)=O)C(=O)CCC3C2(C)C. The fraction of sp³-hybridized carbons (Fsp3) is 0.875. The molecule has 0 N–H and O–H groups in total. The molecular formula is C24H36O6. The fourth-order valence-corrected chi connectivity index (χ4v) is 7.56. The Bertz CT molecular complexity index is 747. The molecule has 1 spiro atoms. The molecule has 5 rings (SSSR count). The number of carbonyl (C=O) groups is 3. The minimum Gasteiger partial charge on any atom is -0.461 e. The number of ether oxygens (including phenoxy) is 3. The van der Waals surface area contributed by atoms with Crippen LogP contribution in [-0.4, -0.2) is 43.1 Å². The van der Waals surface area contributed by atoms with Crippen LogP contribution in [0.4, 0.5) is 0 Å². The Balaban J connectivity index is 1.59. The van der Waals surface area contributed by atoms with Crippen molar-refractivity contribution in [2.45, 2.75) is 91.0 Å². The van der Waals surface area contributed by atoms with E-state index in [1.54, 1.807) is 7.11 Å². The van der Waals surface area contributed by atoms with Crippen molar-refractivity contribution in [2.75, 3.05) is 13.7 Å². The monoisotopic (exact) mass is 420 g/mol. The molecule has 5 aliphatic rings. The third-order valence-corrected chi connectivity index (χ3v) is 9.37. The molecule has 6 nitrogen and oxygen atoms in total. The van der Waals surface area contributed by atoms with E-state index in [2.05, 4.69) is 13.8 Å². The lowest BCUT2D eigenvalue weighted by atomic mass is 9.43. The van der Waals surface area contributed by atoms with Crippen molar-refractivity contribution in [3.63, 3.8) is 0 Å². The summed E-state index contributed by atoms with van der Waals surface area (Å²) in [4.78, 5) is 37.5. The number of hydrogen-bond acceptors (Lipinski definition) is 6. The molecule has 6 unspecified atom stereocenters. The molecule has 30 heavy (non-hydrogen) atoms. The van der Waals surface area contributed by atoms with Gasteiger partial charge in [-0.1, -0.05) is 13.8 Å². The van der Waals surface area contributed by atoms with E-state index in [9.17, 15) is 14.4 Å². The minimum atomic E-state index is -0.703. The number of fused-ring (bicyclic) bond motifs is 2. The molecule has 2 heterocycles. The first-order valence-electron chi connectivity index (χ1n) is 11.4. The van der Waals surface area contributed by atoms with Crippen LogP contribution in [0.1, 0.15) is 79.1 Å². The quantitative estimate of drug-likeness (QED) is 0.629. The molecule has 5 fully saturated rings. The smallest absolute Gasteiger partial charge is 0.302 e. The molecule has 0 amide bonds. The van der Waals surface area contributed by atoms with E-state index in [4.69, 9.17) is 14.2 Å². The summed E-state index contributed by atoms with van der Waals surface area (Å²) in [7, 11) is 1.73. The van der Waals surface area contributed by atoms with Crippen molar-refractivity contribution in [1.29, 1.82) is 0 Å². The van der Waals surface area contributed by atoms with Gasteiger partial charge in [-0.15, -0.1) is 0 Å². The summed E-state index contributed by atoms with van der Waals surface area (Å²) in [5.41, 5.74) is -1.07. The van der Waals surface area contributed by atoms with Gasteiger partial charge in [0.1, 0.15) is 17.7 Å². The summed E-state index contributed by atoms with van der Waals surface area (Å²) in [5.74, 6) is -0.235. The van der Waals surface area contributed by atoms with Crippen LogP contribution in [-0.2, 0) is 28.6 Å². The van der Waals surface area contributed by atoms with Gasteiger partial charge in [-0.2, -0.15) is 0 Å². The van der Waals surface area contributed by atoms with E-state index in [-0.39, 0.29) is 34.6 Å². The average molecular weight is 421 g/mol. The molecule has 6 atom stereocenters. The highest BCUT2D eigenvalue weighted by Gasteiger charge is 2.69. The average Bonchev–Trinajstić information content (AvgIpc) is 2.95. The number of esters is 1. The van der Waals surface area contributed by atoms with Crippen LogP contribution in [0.5, 0.6) is 0 Å². The molecule has 0 aromatic carbocycles. The molecule has 3 aliphatic carbocycles. The molecule has 2 bridgehead atoms. The van der Waals surface area contributed by atoms with Gasteiger partial charge in [-0.3, -0.25) is 14.4 Å². The van der Waals surface area contributed by atoms with Gasteiger partial charge >= 0.3 is 5.97 Å². The highest BCUT2D eigenvalue weighted by atomic mass is 16.7. The zero-order chi connectivity index (χ0) is 21.9. The van der Waals surface area contributed by atoms with Gasteiger partial charge in [-0.25, -0.2) is 0 Å². The predicted molar refractivity (Wildman–Crippen MR) is 109 cm³/mol. The highest BCUT2D eigenvalue weighted by Crippen LogP contribution is 2.68. The normalized spacial score (nSPS) is 44.8. The zero-order valence-electron chi connectivity index (χ0n) is 19.0. The maximum atomic E-state index is 13.2. The van der Waals surface area contributed by atoms with E-state index < -0.39 is 11.2 Å². The van der Waals surface area contributed by atoms with Gasteiger partial charge in [0.25, 0.3) is 0 Å². The van der Waals surface area contributed by atoms with Crippen LogP contribution < -0.4 is 0 Å². The predicted octanol–water partition coefficient (Wildman–Crippen LogP) is 3.84. The first kappa shape index (κ1) is 21.9. The van der Waals surface area contributed by atoms with Crippen LogP contribution in [0.15, 0.2) is 0 Å². The molecule has 0 aromatic heterocycles. The van der Waals surface area contributed by atoms with Gasteiger partial charge in [-0.05, 0) is 44.9 Å². The molecule has 0 radical (unpaired) electrons. The maximum absolute atomic E-state index is 13.2. The highest BCUT2D eigenvalue weighted by molar-refractivity contribution is 5.88. The van der Waals surface area contributed by atoms with Gasteiger partial charge in [0.15, 0.2) is 5.79 Å². The van der Waals surface area contributed by atoms with E-state index >= 15 is 0 Å².